The second-order valence-corrected chi connectivity index (χ2v) is 8.01. The molecule has 0 N–H and O–H groups in total. The van der Waals surface area contributed by atoms with Crippen LogP contribution in [0.5, 0.6) is 0 Å². The van der Waals surface area contributed by atoms with Crippen LogP contribution >= 0.6 is 0 Å². The highest BCUT2D eigenvalue weighted by Gasteiger charge is 2.43. The SMILES string of the molecule is CN1CC[C@]2(CCC1=O)CN(C1Cc3ccccc3C1)CCN2C. The van der Waals surface area contributed by atoms with E-state index >= 15 is 0 Å². The number of fused-ring (bicyclic) bond motifs is 1. The lowest BCUT2D eigenvalue weighted by Gasteiger charge is -2.51. The van der Waals surface area contributed by atoms with Crippen molar-refractivity contribution in [2.75, 3.05) is 40.3 Å². The Morgan fingerprint density at radius 3 is 2.42 bits per heavy atom. The van der Waals surface area contributed by atoms with Crippen molar-refractivity contribution in [1.82, 2.24) is 14.7 Å². The van der Waals surface area contributed by atoms with Crippen molar-refractivity contribution in [3.05, 3.63) is 35.4 Å². The van der Waals surface area contributed by atoms with Gasteiger partial charge in [-0.2, -0.15) is 0 Å². The van der Waals surface area contributed by atoms with Crippen LogP contribution in [0.3, 0.4) is 0 Å². The summed E-state index contributed by atoms with van der Waals surface area (Å²) in [6, 6.07) is 9.56. The predicted molar refractivity (Wildman–Crippen MR) is 96.1 cm³/mol. The molecular formula is C20H29N3O. The monoisotopic (exact) mass is 327 g/mol. The van der Waals surface area contributed by atoms with Crippen molar-refractivity contribution >= 4 is 5.91 Å². The molecule has 24 heavy (non-hydrogen) atoms. The van der Waals surface area contributed by atoms with E-state index in [4.69, 9.17) is 0 Å². The van der Waals surface area contributed by atoms with E-state index in [9.17, 15) is 4.79 Å². The Balaban J connectivity index is 1.50. The normalized spacial score (nSPS) is 29.9. The molecule has 0 saturated carbocycles. The summed E-state index contributed by atoms with van der Waals surface area (Å²) in [7, 11) is 4.21. The zero-order chi connectivity index (χ0) is 16.7. The zero-order valence-corrected chi connectivity index (χ0v) is 15.0. The van der Waals surface area contributed by atoms with Crippen molar-refractivity contribution in [3.63, 3.8) is 0 Å². The summed E-state index contributed by atoms with van der Waals surface area (Å²) in [5, 5.41) is 0. The molecule has 4 rings (SSSR count). The average Bonchev–Trinajstić information content (AvgIpc) is 2.97. The minimum Gasteiger partial charge on any atom is -0.346 e. The molecule has 4 nitrogen and oxygen atoms in total. The predicted octanol–water partition coefficient (Wildman–Crippen LogP) is 1.78. The summed E-state index contributed by atoms with van der Waals surface area (Å²) >= 11 is 0. The summed E-state index contributed by atoms with van der Waals surface area (Å²) in [5.74, 6) is 0.311. The van der Waals surface area contributed by atoms with Crippen molar-refractivity contribution in [2.24, 2.45) is 0 Å². The van der Waals surface area contributed by atoms with Gasteiger partial charge in [-0.05, 0) is 43.9 Å². The van der Waals surface area contributed by atoms with Gasteiger partial charge >= 0.3 is 0 Å². The van der Waals surface area contributed by atoms with Crippen molar-refractivity contribution in [3.8, 4) is 0 Å². The molecule has 3 aliphatic rings. The lowest BCUT2D eigenvalue weighted by atomic mass is 9.85. The molecule has 4 heteroatoms. The minimum atomic E-state index is 0.174. The molecular weight excluding hydrogens is 298 g/mol. The molecule has 0 bridgehead atoms. The number of hydrogen-bond donors (Lipinski definition) is 0. The Labute approximate surface area is 145 Å². The van der Waals surface area contributed by atoms with Gasteiger partial charge in [0.1, 0.15) is 0 Å². The highest BCUT2D eigenvalue weighted by Crippen LogP contribution is 2.35. The van der Waals surface area contributed by atoms with E-state index in [1.54, 1.807) is 0 Å². The molecule has 1 aliphatic carbocycles. The summed E-state index contributed by atoms with van der Waals surface area (Å²) in [6.07, 6.45) is 5.17. The third-order valence-corrected chi connectivity index (χ3v) is 6.72. The molecule has 1 atom stereocenters. The van der Waals surface area contributed by atoms with Gasteiger partial charge in [-0.15, -0.1) is 0 Å². The first-order valence-corrected chi connectivity index (χ1v) is 9.33. The maximum absolute atomic E-state index is 12.1. The minimum absolute atomic E-state index is 0.174. The average molecular weight is 327 g/mol. The number of benzene rings is 1. The summed E-state index contributed by atoms with van der Waals surface area (Å²) < 4.78 is 0. The number of rotatable bonds is 1. The fourth-order valence-electron chi connectivity index (χ4n) is 4.89. The van der Waals surface area contributed by atoms with Gasteiger partial charge in [-0.1, -0.05) is 24.3 Å². The lowest BCUT2D eigenvalue weighted by Crippen LogP contribution is -2.63. The van der Waals surface area contributed by atoms with E-state index in [-0.39, 0.29) is 5.54 Å². The zero-order valence-electron chi connectivity index (χ0n) is 15.0. The smallest absolute Gasteiger partial charge is 0.222 e. The fourth-order valence-corrected chi connectivity index (χ4v) is 4.89. The molecule has 1 spiro atoms. The van der Waals surface area contributed by atoms with Crippen LogP contribution in [0, 0.1) is 0 Å². The van der Waals surface area contributed by atoms with Gasteiger partial charge in [0.25, 0.3) is 0 Å². The Hall–Kier alpha value is -1.39. The molecule has 2 fully saturated rings. The second-order valence-electron chi connectivity index (χ2n) is 8.01. The number of nitrogens with zero attached hydrogens (tertiary/aromatic N) is 3. The van der Waals surface area contributed by atoms with Crippen LogP contribution in [-0.4, -0.2) is 72.5 Å². The quantitative estimate of drug-likeness (QED) is 0.787. The van der Waals surface area contributed by atoms with Gasteiger partial charge < -0.3 is 4.90 Å². The van der Waals surface area contributed by atoms with Gasteiger partial charge in [-0.3, -0.25) is 14.6 Å². The maximum Gasteiger partial charge on any atom is 0.222 e. The summed E-state index contributed by atoms with van der Waals surface area (Å²) in [4.78, 5) is 19.3. The van der Waals surface area contributed by atoms with Crippen LogP contribution in [0.1, 0.15) is 30.4 Å². The van der Waals surface area contributed by atoms with Gasteiger partial charge in [0.15, 0.2) is 0 Å². The molecule has 0 unspecified atom stereocenters. The lowest BCUT2D eigenvalue weighted by molar-refractivity contribution is -0.129. The van der Waals surface area contributed by atoms with E-state index < -0.39 is 0 Å². The maximum atomic E-state index is 12.1. The molecule has 130 valence electrons. The van der Waals surface area contributed by atoms with Crippen molar-refractivity contribution in [1.29, 1.82) is 0 Å². The number of amides is 1. The van der Waals surface area contributed by atoms with E-state index in [1.807, 2.05) is 11.9 Å². The van der Waals surface area contributed by atoms with Crippen LogP contribution < -0.4 is 0 Å². The highest BCUT2D eigenvalue weighted by atomic mass is 16.2. The third-order valence-electron chi connectivity index (χ3n) is 6.72. The number of likely N-dealkylation sites (tertiary alicyclic amines) is 1. The molecule has 1 aromatic carbocycles. The van der Waals surface area contributed by atoms with Crippen LogP contribution in [-0.2, 0) is 17.6 Å². The fraction of sp³-hybridized carbons (Fsp3) is 0.650. The standard InChI is InChI=1S/C20H29N3O/c1-21-10-9-20(8-7-19(21)24)15-23(12-11-22(20)2)18-13-16-5-3-4-6-17(16)14-18/h3-6,18H,7-15H2,1-2H3/t20-/m1/s1. The largest absolute Gasteiger partial charge is 0.346 e. The van der Waals surface area contributed by atoms with Crippen molar-refractivity contribution < 1.29 is 4.79 Å². The number of piperazine rings is 1. The van der Waals surface area contributed by atoms with Crippen LogP contribution in [0.25, 0.3) is 0 Å². The first-order valence-electron chi connectivity index (χ1n) is 9.33. The van der Waals surface area contributed by atoms with E-state index in [1.165, 1.54) is 24.0 Å². The number of hydrogen-bond acceptors (Lipinski definition) is 3. The Kier molecular flexibility index (Phi) is 4.13. The molecule has 2 aliphatic heterocycles. The van der Waals surface area contributed by atoms with E-state index in [2.05, 4.69) is 41.1 Å². The summed E-state index contributed by atoms with van der Waals surface area (Å²) in [6.45, 7) is 4.27. The van der Waals surface area contributed by atoms with E-state index in [0.29, 0.717) is 18.4 Å². The van der Waals surface area contributed by atoms with Crippen molar-refractivity contribution in [2.45, 2.75) is 43.7 Å². The van der Waals surface area contributed by atoms with E-state index in [0.717, 1.165) is 39.0 Å². The molecule has 1 aromatic rings. The van der Waals surface area contributed by atoms with Gasteiger partial charge in [0, 0.05) is 51.2 Å². The number of likely N-dealkylation sites (N-methyl/N-ethyl adjacent to an activating group) is 1. The molecule has 0 aromatic heterocycles. The number of carbonyl (C=O) groups is 1. The van der Waals surface area contributed by atoms with Gasteiger partial charge in [0.05, 0.1) is 0 Å². The third kappa shape index (κ3) is 2.76. The van der Waals surface area contributed by atoms with Gasteiger partial charge in [0.2, 0.25) is 5.91 Å². The molecule has 1 amide bonds. The Bertz CT molecular complexity index is 606. The van der Waals surface area contributed by atoms with Gasteiger partial charge in [-0.25, -0.2) is 0 Å². The first-order chi connectivity index (χ1) is 11.6. The van der Waals surface area contributed by atoms with Crippen LogP contribution in [0.2, 0.25) is 0 Å². The number of carbonyl (C=O) groups excluding carboxylic acids is 1. The molecule has 2 heterocycles. The first kappa shape index (κ1) is 16.1. The Morgan fingerprint density at radius 2 is 1.71 bits per heavy atom. The summed E-state index contributed by atoms with van der Waals surface area (Å²) in [5.41, 5.74) is 3.24. The Morgan fingerprint density at radius 1 is 1.00 bits per heavy atom. The second kappa shape index (κ2) is 6.16. The van der Waals surface area contributed by atoms with Crippen LogP contribution in [0.4, 0.5) is 0 Å². The topological polar surface area (TPSA) is 26.8 Å². The molecule has 0 radical (unpaired) electrons. The highest BCUT2D eigenvalue weighted by molar-refractivity contribution is 5.76. The van der Waals surface area contributed by atoms with Crippen LogP contribution in [0.15, 0.2) is 24.3 Å². The molecule has 2 saturated heterocycles.